The second-order valence-electron chi connectivity index (χ2n) is 3.80. The highest BCUT2D eigenvalue weighted by Crippen LogP contribution is 2.44. The van der Waals surface area contributed by atoms with Gasteiger partial charge in [-0.2, -0.15) is 15.0 Å². The van der Waals surface area contributed by atoms with Gasteiger partial charge in [-0.3, -0.25) is 0 Å². The molecular formula is C8H12ClN5O. The van der Waals surface area contributed by atoms with Crippen LogP contribution in [0.25, 0.3) is 0 Å². The first kappa shape index (κ1) is 10.4. The van der Waals surface area contributed by atoms with Crippen LogP contribution in [0.5, 0.6) is 0 Å². The quantitative estimate of drug-likeness (QED) is 0.687. The van der Waals surface area contributed by atoms with Crippen molar-refractivity contribution in [2.45, 2.75) is 12.8 Å². The highest BCUT2D eigenvalue weighted by Gasteiger charge is 2.41. The molecule has 1 aromatic rings. The zero-order chi connectivity index (χ0) is 10.9. The average Bonchev–Trinajstić information content (AvgIpc) is 2.94. The topological polar surface area (TPSA) is 97.0 Å². The average molecular weight is 230 g/mol. The van der Waals surface area contributed by atoms with Crippen molar-refractivity contribution in [3.8, 4) is 0 Å². The van der Waals surface area contributed by atoms with Gasteiger partial charge in [-0.05, 0) is 24.4 Å². The fourth-order valence-electron chi connectivity index (χ4n) is 1.28. The van der Waals surface area contributed by atoms with Crippen LogP contribution in [0.2, 0.25) is 5.28 Å². The van der Waals surface area contributed by atoms with Gasteiger partial charge in [0.05, 0.1) is 6.61 Å². The largest absolute Gasteiger partial charge is 0.396 e. The number of aliphatic hydroxyl groups excluding tert-OH is 1. The smallest absolute Gasteiger partial charge is 0.228 e. The fraction of sp³-hybridized carbons (Fsp3) is 0.625. The summed E-state index contributed by atoms with van der Waals surface area (Å²) in [4.78, 5) is 11.4. The zero-order valence-electron chi connectivity index (χ0n) is 8.07. The van der Waals surface area contributed by atoms with Crippen molar-refractivity contribution in [3.05, 3.63) is 5.28 Å². The monoisotopic (exact) mass is 229 g/mol. The number of anilines is 2. The van der Waals surface area contributed by atoms with Crippen LogP contribution in [-0.4, -0.2) is 33.2 Å². The van der Waals surface area contributed by atoms with E-state index in [2.05, 4.69) is 20.3 Å². The van der Waals surface area contributed by atoms with Crippen molar-refractivity contribution in [2.24, 2.45) is 5.41 Å². The molecule has 1 heterocycles. The number of nitrogens with one attached hydrogen (secondary N) is 1. The van der Waals surface area contributed by atoms with Crippen molar-refractivity contribution in [1.29, 1.82) is 0 Å². The number of hydrogen-bond acceptors (Lipinski definition) is 6. The van der Waals surface area contributed by atoms with E-state index in [9.17, 15) is 0 Å². The van der Waals surface area contributed by atoms with Gasteiger partial charge in [-0.15, -0.1) is 0 Å². The third-order valence-corrected chi connectivity index (χ3v) is 2.71. The summed E-state index contributed by atoms with van der Waals surface area (Å²) in [5.41, 5.74) is 5.40. The summed E-state index contributed by atoms with van der Waals surface area (Å²) < 4.78 is 0. The van der Waals surface area contributed by atoms with Gasteiger partial charge in [0.2, 0.25) is 17.2 Å². The minimum absolute atomic E-state index is 0.00608. The van der Waals surface area contributed by atoms with Crippen LogP contribution in [-0.2, 0) is 0 Å². The molecule has 0 unspecified atom stereocenters. The molecule has 0 saturated heterocycles. The maximum Gasteiger partial charge on any atom is 0.228 e. The van der Waals surface area contributed by atoms with Gasteiger partial charge in [-0.1, -0.05) is 0 Å². The lowest BCUT2D eigenvalue weighted by atomic mass is 10.1. The minimum Gasteiger partial charge on any atom is -0.396 e. The molecule has 6 nitrogen and oxygen atoms in total. The highest BCUT2D eigenvalue weighted by molar-refractivity contribution is 6.28. The van der Waals surface area contributed by atoms with Crippen LogP contribution in [0.3, 0.4) is 0 Å². The lowest BCUT2D eigenvalue weighted by Crippen LogP contribution is -2.20. The highest BCUT2D eigenvalue weighted by atomic mass is 35.5. The number of nitrogens with two attached hydrogens (primary N) is 1. The molecule has 0 spiro atoms. The summed E-state index contributed by atoms with van der Waals surface area (Å²) in [5.74, 6) is 0.443. The molecule has 4 N–H and O–H groups in total. The van der Waals surface area contributed by atoms with E-state index in [4.69, 9.17) is 22.4 Å². The Morgan fingerprint density at radius 2 is 2.13 bits per heavy atom. The van der Waals surface area contributed by atoms with Crippen molar-refractivity contribution in [2.75, 3.05) is 24.2 Å². The molecule has 0 aliphatic heterocycles. The number of nitrogen functional groups attached to an aromatic ring is 1. The summed E-state index contributed by atoms with van der Waals surface area (Å²) in [7, 11) is 0. The first-order valence-electron chi connectivity index (χ1n) is 4.65. The number of nitrogens with zero attached hydrogens (tertiary/aromatic N) is 3. The molecule has 7 heteroatoms. The van der Waals surface area contributed by atoms with Gasteiger partial charge >= 0.3 is 0 Å². The van der Waals surface area contributed by atoms with Crippen LogP contribution < -0.4 is 11.1 Å². The zero-order valence-corrected chi connectivity index (χ0v) is 8.83. The van der Waals surface area contributed by atoms with E-state index >= 15 is 0 Å². The maximum atomic E-state index is 9.10. The van der Waals surface area contributed by atoms with E-state index in [1.807, 2.05) is 0 Å². The Balaban J connectivity index is 1.99. The Kier molecular flexibility index (Phi) is 2.62. The van der Waals surface area contributed by atoms with Gasteiger partial charge < -0.3 is 16.2 Å². The summed E-state index contributed by atoms with van der Waals surface area (Å²) in [5, 5.41) is 12.2. The third kappa shape index (κ3) is 2.45. The van der Waals surface area contributed by atoms with Gasteiger partial charge in [0, 0.05) is 12.0 Å². The van der Waals surface area contributed by atoms with E-state index in [1.165, 1.54) is 0 Å². The molecule has 2 rings (SSSR count). The Hall–Kier alpha value is -1.14. The van der Waals surface area contributed by atoms with Crippen molar-refractivity contribution < 1.29 is 5.11 Å². The number of aliphatic hydroxyl groups is 1. The molecule has 15 heavy (non-hydrogen) atoms. The second kappa shape index (κ2) is 3.79. The number of aromatic nitrogens is 3. The Morgan fingerprint density at radius 3 is 2.67 bits per heavy atom. The summed E-state index contributed by atoms with van der Waals surface area (Å²) in [6.45, 7) is 0.803. The van der Waals surface area contributed by atoms with Crippen LogP contribution in [0, 0.1) is 5.41 Å². The fourth-order valence-corrected chi connectivity index (χ4v) is 1.45. The van der Waals surface area contributed by atoms with Gasteiger partial charge in [-0.25, -0.2) is 0 Å². The Morgan fingerprint density at radius 1 is 1.40 bits per heavy atom. The molecule has 0 aromatic carbocycles. The van der Waals surface area contributed by atoms with E-state index in [0.717, 1.165) is 12.8 Å². The number of hydrogen-bond donors (Lipinski definition) is 3. The summed E-state index contributed by atoms with van der Waals surface area (Å²) in [6.07, 6.45) is 2.04. The van der Waals surface area contributed by atoms with Gasteiger partial charge in [0.15, 0.2) is 0 Å². The molecular weight excluding hydrogens is 218 g/mol. The second-order valence-corrected chi connectivity index (χ2v) is 4.14. The van der Waals surface area contributed by atoms with Crippen molar-refractivity contribution in [3.63, 3.8) is 0 Å². The molecule has 1 aliphatic rings. The molecule has 1 aromatic heterocycles. The number of halogens is 1. The molecule has 0 bridgehead atoms. The normalized spacial score (nSPS) is 17.5. The molecule has 1 aliphatic carbocycles. The molecule has 1 saturated carbocycles. The predicted molar refractivity (Wildman–Crippen MR) is 56.5 cm³/mol. The predicted octanol–water partition coefficient (Wildman–Crippen LogP) is 0.292. The first-order chi connectivity index (χ1) is 7.13. The molecule has 82 valence electrons. The SMILES string of the molecule is Nc1nc(Cl)nc(NCC2(CO)CC2)n1. The van der Waals surface area contributed by atoms with Gasteiger partial charge in [0.1, 0.15) is 0 Å². The lowest BCUT2D eigenvalue weighted by Gasteiger charge is -2.12. The molecule has 0 atom stereocenters. The molecule has 0 radical (unpaired) electrons. The maximum absolute atomic E-state index is 9.10. The van der Waals surface area contributed by atoms with E-state index in [0.29, 0.717) is 12.5 Å². The van der Waals surface area contributed by atoms with Gasteiger partial charge in [0.25, 0.3) is 0 Å². The van der Waals surface area contributed by atoms with Crippen molar-refractivity contribution in [1.82, 2.24) is 15.0 Å². The summed E-state index contributed by atoms with van der Waals surface area (Å²) in [6, 6.07) is 0. The van der Waals surface area contributed by atoms with E-state index in [-0.39, 0.29) is 23.3 Å². The van der Waals surface area contributed by atoms with Crippen LogP contribution in [0.1, 0.15) is 12.8 Å². The summed E-state index contributed by atoms with van der Waals surface area (Å²) >= 11 is 5.62. The lowest BCUT2D eigenvalue weighted by molar-refractivity contribution is 0.219. The van der Waals surface area contributed by atoms with E-state index < -0.39 is 0 Å². The number of rotatable bonds is 4. The van der Waals surface area contributed by atoms with Crippen molar-refractivity contribution >= 4 is 23.5 Å². The van der Waals surface area contributed by atoms with Crippen LogP contribution in [0.4, 0.5) is 11.9 Å². The molecule has 0 amide bonds. The Labute approximate surface area is 91.9 Å². The third-order valence-electron chi connectivity index (χ3n) is 2.54. The van der Waals surface area contributed by atoms with Crippen LogP contribution in [0.15, 0.2) is 0 Å². The Bertz CT molecular complexity index is 348. The van der Waals surface area contributed by atoms with Crippen LogP contribution >= 0.6 is 11.6 Å². The first-order valence-corrected chi connectivity index (χ1v) is 5.03. The minimum atomic E-state index is -0.00608. The van der Waals surface area contributed by atoms with E-state index in [1.54, 1.807) is 0 Å². The molecule has 1 fully saturated rings. The standard InChI is InChI=1S/C8H12ClN5O/c9-5-12-6(10)14-7(13-5)11-3-8(4-15)1-2-8/h15H,1-4H2,(H3,10,11,12,13,14).